The van der Waals surface area contributed by atoms with E-state index in [1.807, 2.05) is 38.1 Å². The van der Waals surface area contributed by atoms with E-state index in [1.165, 1.54) is 16.2 Å². The molecule has 2 heterocycles. The number of benzene rings is 2. The molecule has 0 fully saturated rings. The van der Waals surface area contributed by atoms with Crippen LogP contribution in [0.4, 0.5) is 5.13 Å². The second-order valence-corrected chi connectivity index (χ2v) is 7.72. The monoisotopic (exact) mass is 420 g/mol. The third-order valence-electron chi connectivity index (χ3n) is 4.90. The van der Waals surface area contributed by atoms with Gasteiger partial charge in [-0.1, -0.05) is 29.8 Å². The van der Waals surface area contributed by atoms with Crippen LogP contribution in [0.1, 0.15) is 34.5 Å². The molecule has 30 heavy (non-hydrogen) atoms. The first kappa shape index (κ1) is 19.8. The molecule has 7 heteroatoms. The molecule has 4 rings (SSSR count). The number of Topliss-reactive ketones (excluding diaryl/α,β-unsaturated/α-hetero) is 1. The predicted molar refractivity (Wildman–Crippen MR) is 115 cm³/mol. The molecule has 6 nitrogen and oxygen atoms in total. The second kappa shape index (κ2) is 8.12. The molecule has 1 atom stereocenters. The molecule has 1 unspecified atom stereocenters. The highest BCUT2D eigenvalue weighted by Gasteiger charge is 2.45. The fourth-order valence-corrected chi connectivity index (χ4v) is 4.13. The fraction of sp³-hybridized carbons (Fsp3) is 0.174. The van der Waals surface area contributed by atoms with Gasteiger partial charge in [0.2, 0.25) is 0 Å². The molecule has 0 aliphatic carbocycles. The summed E-state index contributed by atoms with van der Waals surface area (Å²) in [5, 5.41) is 12.9. The van der Waals surface area contributed by atoms with E-state index in [0.29, 0.717) is 23.1 Å². The molecule has 3 aromatic rings. The molecule has 0 radical (unpaired) electrons. The summed E-state index contributed by atoms with van der Waals surface area (Å²) in [5.74, 6) is -0.942. The lowest BCUT2D eigenvalue weighted by atomic mass is 9.92. The first-order valence-corrected chi connectivity index (χ1v) is 10.4. The van der Waals surface area contributed by atoms with E-state index in [9.17, 15) is 14.7 Å². The Labute approximate surface area is 178 Å². The maximum atomic E-state index is 13.4. The summed E-state index contributed by atoms with van der Waals surface area (Å²) in [5.41, 5.74) is 2.19. The lowest BCUT2D eigenvalue weighted by Gasteiger charge is -2.24. The molecule has 0 saturated heterocycles. The Morgan fingerprint density at radius 3 is 2.47 bits per heavy atom. The maximum absolute atomic E-state index is 13.4. The topological polar surface area (TPSA) is 79.7 Å². The van der Waals surface area contributed by atoms with Crippen LogP contribution in [0.3, 0.4) is 0 Å². The summed E-state index contributed by atoms with van der Waals surface area (Å²) in [4.78, 5) is 32.0. The van der Waals surface area contributed by atoms with Gasteiger partial charge in [0.1, 0.15) is 5.75 Å². The average Bonchev–Trinajstić information content (AvgIpc) is 3.36. The molecule has 0 spiro atoms. The third kappa shape index (κ3) is 3.48. The third-order valence-corrected chi connectivity index (χ3v) is 5.67. The smallest absolute Gasteiger partial charge is 0.296 e. The highest BCUT2D eigenvalue weighted by atomic mass is 32.1. The molecule has 1 aromatic heterocycles. The van der Waals surface area contributed by atoms with E-state index in [2.05, 4.69) is 4.98 Å². The van der Waals surface area contributed by atoms with Gasteiger partial charge in [0, 0.05) is 17.1 Å². The van der Waals surface area contributed by atoms with Crippen molar-refractivity contribution in [3.05, 3.63) is 88.1 Å². The van der Waals surface area contributed by atoms with Gasteiger partial charge in [-0.3, -0.25) is 14.5 Å². The quantitative estimate of drug-likeness (QED) is 0.588. The first-order chi connectivity index (χ1) is 14.5. The summed E-state index contributed by atoms with van der Waals surface area (Å²) >= 11 is 1.27. The van der Waals surface area contributed by atoms with Gasteiger partial charge in [0.05, 0.1) is 18.2 Å². The summed E-state index contributed by atoms with van der Waals surface area (Å²) in [7, 11) is 0. The number of carbonyl (C=O) groups is 2. The van der Waals surface area contributed by atoms with Crippen molar-refractivity contribution >= 4 is 28.2 Å². The molecule has 152 valence electrons. The van der Waals surface area contributed by atoms with Crippen LogP contribution in [-0.4, -0.2) is 28.4 Å². The average molecular weight is 420 g/mol. The van der Waals surface area contributed by atoms with Gasteiger partial charge in [-0.25, -0.2) is 4.98 Å². The molecular formula is C23H20N2O4S. The van der Waals surface area contributed by atoms with Crippen molar-refractivity contribution in [2.75, 3.05) is 11.5 Å². The summed E-state index contributed by atoms with van der Waals surface area (Å²) in [6.45, 7) is 4.36. The minimum atomic E-state index is -0.761. The number of nitrogens with zero attached hydrogens (tertiary/aromatic N) is 2. The highest BCUT2D eigenvalue weighted by molar-refractivity contribution is 7.13. The van der Waals surface area contributed by atoms with Crippen molar-refractivity contribution in [3.8, 4) is 5.75 Å². The number of aliphatic hydroxyl groups excluding tert-OH is 1. The number of aliphatic hydroxyl groups is 1. The number of amides is 1. The molecule has 1 amide bonds. The van der Waals surface area contributed by atoms with Crippen LogP contribution in [0.5, 0.6) is 5.75 Å². The Morgan fingerprint density at radius 2 is 1.87 bits per heavy atom. The first-order valence-electron chi connectivity index (χ1n) is 9.51. The van der Waals surface area contributed by atoms with Crippen LogP contribution in [0.25, 0.3) is 0 Å². The van der Waals surface area contributed by atoms with E-state index >= 15 is 0 Å². The molecular weight excluding hydrogens is 400 g/mol. The van der Waals surface area contributed by atoms with E-state index in [4.69, 9.17) is 4.74 Å². The van der Waals surface area contributed by atoms with Gasteiger partial charge in [0.25, 0.3) is 5.91 Å². The van der Waals surface area contributed by atoms with Crippen LogP contribution in [0.15, 0.2) is 71.4 Å². The SMILES string of the molecule is CCOc1ccc(C(=O)C2=C(O)C(=O)N(c3nccs3)C2c2ccc(C)cc2)cc1. The summed E-state index contributed by atoms with van der Waals surface area (Å²) in [6, 6.07) is 13.4. The second-order valence-electron chi connectivity index (χ2n) is 6.85. The van der Waals surface area contributed by atoms with Crippen molar-refractivity contribution in [2.24, 2.45) is 0 Å². The van der Waals surface area contributed by atoms with Gasteiger partial charge in [-0.15, -0.1) is 11.3 Å². The number of thiazole rings is 1. The number of hydrogen-bond acceptors (Lipinski definition) is 6. The Bertz CT molecular complexity index is 1100. The van der Waals surface area contributed by atoms with E-state index < -0.39 is 23.5 Å². The zero-order chi connectivity index (χ0) is 21.3. The largest absolute Gasteiger partial charge is 0.503 e. The lowest BCUT2D eigenvalue weighted by Crippen LogP contribution is -2.30. The molecule has 1 aliphatic rings. The van der Waals surface area contributed by atoms with Gasteiger partial charge >= 0.3 is 0 Å². The Morgan fingerprint density at radius 1 is 1.17 bits per heavy atom. The number of ketones is 1. The normalized spacial score (nSPS) is 16.3. The number of aryl methyl sites for hydroxylation is 1. The number of aromatic nitrogens is 1. The van der Waals surface area contributed by atoms with Gasteiger partial charge in [-0.2, -0.15) is 0 Å². The summed E-state index contributed by atoms with van der Waals surface area (Å²) in [6.07, 6.45) is 1.59. The summed E-state index contributed by atoms with van der Waals surface area (Å²) < 4.78 is 5.43. The van der Waals surface area contributed by atoms with Gasteiger partial charge < -0.3 is 9.84 Å². The number of anilines is 1. The highest BCUT2D eigenvalue weighted by Crippen LogP contribution is 2.42. The molecule has 2 aromatic carbocycles. The molecule has 1 aliphatic heterocycles. The molecule has 0 saturated carbocycles. The Kier molecular flexibility index (Phi) is 5.37. The predicted octanol–water partition coefficient (Wildman–Crippen LogP) is 4.63. The zero-order valence-corrected chi connectivity index (χ0v) is 17.3. The van der Waals surface area contributed by atoms with Crippen molar-refractivity contribution < 1.29 is 19.4 Å². The van der Waals surface area contributed by atoms with Gasteiger partial charge in [-0.05, 0) is 43.7 Å². The van der Waals surface area contributed by atoms with Crippen molar-refractivity contribution in [1.29, 1.82) is 0 Å². The minimum Gasteiger partial charge on any atom is -0.503 e. The van der Waals surface area contributed by atoms with Crippen LogP contribution in [0.2, 0.25) is 0 Å². The lowest BCUT2D eigenvalue weighted by molar-refractivity contribution is -0.117. The van der Waals surface area contributed by atoms with Crippen molar-refractivity contribution in [1.82, 2.24) is 4.98 Å². The van der Waals surface area contributed by atoms with Gasteiger partial charge in [0.15, 0.2) is 16.7 Å². The number of hydrogen-bond donors (Lipinski definition) is 1. The Hall–Kier alpha value is -3.45. The number of ether oxygens (including phenoxy) is 1. The van der Waals surface area contributed by atoms with Crippen LogP contribution in [0, 0.1) is 6.92 Å². The van der Waals surface area contributed by atoms with Crippen LogP contribution >= 0.6 is 11.3 Å². The van der Waals surface area contributed by atoms with Crippen molar-refractivity contribution in [2.45, 2.75) is 19.9 Å². The molecule has 1 N–H and O–H groups in total. The van der Waals surface area contributed by atoms with E-state index in [-0.39, 0.29) is 5.57 Å². The van der Waals surface area contributed by atoms with E-state index in [1.54, 1.807) is 35.8 Å². The fourth-order valence-electron chi connectivity index (χ4n) is 3.46. The minimum absolute atomic E-state index is 0.0446. The number of carbonyl (C=O) groups excluding carboxylic acids is 2. The van der Waals surface area contributed by atoms with Crippen LogP contribution < -0.4 is 9.64 Å². The standard InChI is InChI=1S/C23H20N2O4S/c1-3-29-17-10-8-16(9-11-17)20(26)18-19(15-6-4-14(2)5-7-15)25(22(28)21(18)27)23-24-12-13-30-23/h4-13,19,27H,3H2,1-2H3. The van der Waals surface area contributed by atoms with Crippen LogP contribution in [-0.2, 0) is 4.79 Å². The zero-order valence-electron chi connectivity index (χ0n) is 16.5. The molecule has 0 bridgehead atoms. The Balaban J connectivity index is 1.79. The van der Waals surface area contributed by atoms with E-state index in [0.717, 1.165) is 11.1 Å². The van der Waals surface area contributed by atoms with Crippen molar-refractivity contribution in [3.63, 3.8) is 0 Å². The number of rotatable bonds is 6. The maximum Gasteiger partial charge on any atom is 0.296 e.